The van der Waals surface area contributed by atoms with Gasteiger partial charge in [-0.05, 0) is 36.4 Å². The molecule has 0 bridgehead atoms. The minimum Gasteiger partial charge on any atom is -0.470 e. The summed E-state index contributed by atoms with van der Waals surface area (Å²) < 4.78 is 7.76. The van der Waals surface area contributed by atoms with Crippen molar-refractivity contribution in [1.29, 1.82) is 0 Å². The summed E-state index contributed by atoms with van der Waals surface area (Å²) in [4.78, 5) is 0. The molecule has 0 aromatic heterocycles. The van der Waals surface area contributed by atoms with Gasteiger partial charge in [0.15, 0.2) is 0 Å². The van der Waals surface area contributed by atoms with Crippen LogP contribution in [0.2, 0.25) is 0 Å². The standard InChI is InChI=1S/C15H10Br2N2O/c16-12-5-1-10(2-6-12)14-9-20-15(19-18-14)11-3-7-13(17)8-4-11/h1-8H,9H2. The number of rotatable bonds is 2. The van der Waals surface area contributed by atoms with Gasteiger partial charge in [-0.2, -0.15) is 0 Å². The smallest absolute Gasteiger partial charge is 0.241 e. The average molecular weight is 394 g/mol. The van der Waals surface area contributed by atoms with Crippen LogP contribution >= 0.6 is 31.9 Å². The SMILES string of the molecule is Brc1ccc(C2=NN=C(c3ccc(Br)cc3)OC2)cc1. The third-order valence-electron chi connectivity index (χ3n) is 2.88. The highest BCUT2D eigenvalue weighted by molar-refractivity contribution is 9.10. The molecule has 0 radical (unpaired) electrons. The van der Waals surface area contributed by atoms with Gasteiger partial charge >= 0.3 is 0 Å². The second-order valence-electron chi connectivity index (χ2n) is 4.25. The molecule has 0 aliphatic carbocycles. The van der Waals surface area contributed by atoms with E-state index in [0.717, 1.165) is 25.8 Å². The Morgan fingerprint density at radius 1 is 0.750 bits per heavy atom. The summed E-state index contributed by atoms with van der Waals surface area (Å²) in [6.07, 6.45) is 0. The molecule has 0 saturated heterocycles. The third kappa shape index (κ3) is 2.99. The molecule has 0 amide bonds. The van der Waals surface area contributed by atoms with E-state index in [1.165, 1.54) is 0 Å². The van der Waals surface area contributed by atoms with E-state index in [4.69, 9.17) is 4.74 Å². The van der Waals surface area contributed by atoms with Gasteiger partial charge in [-0.1, -0.05) is 44.0 Å². The molecule has 20 heavy (non-hydrogen) atoms. The number of hydrogen-bond acceptors (Lipinski definition) is 3. The van der Waals surface area contributed by atoms with Crippen LogP contribution < -0.4 is 0 Å². The summed E-state index contributed by atoms with van der Waals surface area (Å²) in [6, 6.07) is 15.7. The summed E-state index contributed by atoms with van der Waals surface area (Å²) in [7, 11) is 0. The Bertz CT molecular complexity index is 615. The molecule has 3 nitrogen and oxygen atoms in total. The van der Waals surface area contributed by atoms with Gasteiger partial charge in [-0.15, -0.1) is 10.2 Å². The maximum Gasteiger partial charge on any atom is 0.241 e. The molecule has 3 rings (SSSR count). The molecular formula is C15H10Br2N2O. The Morgan fingerprint density at radius 3 is 1.80 bits per heavy atom. The second kappa shape index (κ2) is 5.89. The quantitative estimate of drug-likeness (QED) is 0.744. The molecule has 2 aromatic carbocycles. The van der Waals surface area contributed by atoms with Gasteiger partial charge < -0.3 is 4.74 Å². The number of benzene rings is 2. The fourth-order valence-electron chi connectivity index (χ4n) is 1.82. The van der Waals surface area contributed by atoms with Crippen molar-refractivity contribution in [3.8, 4) is 0 Å². The van der Waals surface area contributed by atoms with Crippen LogP contribution in [-0.4, -0.2) is 18.2 Å². The first-order chi connectivity index (χ1) is 9.72. The van der Waals surface area contributed by atoms with Gasteiger partial charge in [0.1, 0.15) is 12.3 Å². The monoisotopic (exact) mass is 392 g/mol. The molecule has 5 heteroatoms. The van der Waals surface area contributed by atoms with E-state index >= 15 is 0 Å². The molecule has 0 atom stereocenters. The number of hydrogen-bond donors (Lipinski definition) is 0. The van der Waals surface area contributed by atoms with Gasteiger partial charge in [-0.3, -0.25) is 0 Å². The highest BCUT2D eigenvalue weighted by Crippen LogP contribution is 2.16. The number of halogens is 2. The maximum atomic E-state index is 5.69. The molecule has 0 spiro atoms. The van der Waals surface area contributed by atoms with Crippen molar-refractivity contribution in [2.75, 3.05) is 6.61 Å². The minimum atomic E-state index is 0.427. The molecule has 0 unspecified atom stereocenters. The van der Waals surface area contributed by atoms with Crippen molar-refractivity contribution in [3.05, 3.63) is 68.6 Å². The first-order valence-electron chi connectivity index (χ1n) is 6.01. The highest BCUT2D eigenvalue weighted by atomic mass is 79.9. The Balaban J connectivity index is 1.85. The zero-order chi connectivity index (χ0) is 13.9. The Morgan fingerprint density at radius 2 is 1.30 bits per heavy atom. The van der Waals surface area contributed by atoms with E-state index in [1.54, 1.807) is 0 Å². The zero-order valence-corrected chi connectivity index (χ0v) is 13.6. The van der Waals surface area contributed by atoms with Crippen molar-refractivity contribution < 1.29 is 4.74 Å². The maximum absolute atomic E-state index is 5.69. The van der Waals surface area contributed by atoms with Crippen molar-refractivity contribution >= 4 is 43.5 Å². The predicted octanol–water partition coefficient (Wildman–Crippen LogP) is 4.39. The Labute approximate surface area is 133 Å². The van der Waals surface area contributed by atoms with E-state index in [0.29, 0.717) is 12.5 Å². The lowest BCUT2D eigenvalue weighted by Crippen LogP contribution is -2.19. The predicted molar refractivity (Wildman–Crippen MR) is 87.3 cm³/mol. The normalized spacial score (nSPS) is 14.3. The van der Waals surface area contributed by atoms with Gasteiger partial charge in [0.2, 0.25) is 5.90 Å². The second-order valence-corrected chi connectivity index (χ2v) is 6.09. The lowest BCUT2D eigenvalue weighted by atomic mass is 10.1. The van der Waals surface area contributed by atoms with Gasteiger partial charge in [0, 0.05) is 20.1 Å². The topological polar surface area (TPSA) is 34.0 Å². The van der Waals surface area contributed by atoms with E-state index < -0.39 is 0 Å². The molecule has 1 aliphatic rings. The van der Waals surface area contributed by atoms with Crippen LogP contribution in [0.4, 0.5) is 0 Å². The van der Waals surface area contributed by atoms with E-state index in [-0.39, 0.29) is 0 Å². The molecule has 1 aliphatic heterocycles. The third-order valence-corrected chi connectivity index (χ3v) is 3.93. The lowest BCUT2D eigenvalue weighted by molar-refractivity contribution is 0.357. The molecule has 0 N–H and O–H groups in total. The first kappa shape index (κ1) is 13.5. The van der Waals surface area contributed by atoms with E-state index in [9.17, 15) is 0 Å². The van der Waals surface area contributed by atoms with Gasteiger partial charge in [0.25, 0.3) is 0 Å². The zero-order valence-electron chi connectivity index (χ0n) is 10.4. The van der Waals surface area contributed by atoms with Crippen LogP contribution in [0.15, 0.2) is 67.7 Å². The van der Waals surface area contributed by atoms with Crippen molar-refractivity contribution in [2.45, 2.75) is 0 Å². The number of ether oxygens (including phenoxy) is 1. The fourth-order valence-corrected chi connectivity index (χ4v) is 2.35. The summed E-state index contributed by atoms with van der Waals surface area (Å²) in [5, 5.41) is 8.43. The number of nitrogens with zero attached hydrogens (tertiary/aromatic N) is 2. The molecule has 2 aromatic rings. The van der Waals surface area contributed by atoms with Crippen LogP contribution in [0.5, 0.6) is 0 Å². The Kier molecular flexibility index (Phi) is 3.98. The summed E-state index contributed by atoms with van der Waals surface area (Å²) in [5.41, 5.74) is 2.77. The largest absolute Gasteiger partial charge is 0.470 e. The van der Waals surface area contributed by atoms with Crippen LogP contribution in [0, 0.1) is 0 Å². The van der Waals surface area contributed by atoms with Crippen LogP contribution in [0.1, 0.15) is 11.1 Å². The van der Waals surface area contributed by atoms with Gasteiger partial charge in [0.05, 0.1) is 0 Å². The molecule has 0 fully saturated rings. The summed E-state index contributed by atoms with van der Waals surface area (Å²) >= 11 is 6.82. The molecule has 1 heterocycles. The lowest BCUT2D eigenvalue weighted by Gasteiger charge is -2.14. The minimum absolute atomic E-state index is 0.427. The molecular weight excluding hydrogens is 384 g/mol. The average Bonchev–Trinajstić information content (AvgIpc) is 2.49. The van der Waals surface area contributed by atoms with E-state index in [2.05, 4.69) is 42.1 Å². The molecule has 0 saturated carbocycles. The summed E-state index contributed by atoms with van der Waals surface area (Å²) in [6.45, 7) is 0.427. The van der Waals surface area contributed by atoms with Crippen molar-refractivity contribution in [1.82, 2.24) is 0 Å². The van der Waals surface area contributed by atoms with Crippen LogP contribution in [-0.2, 0) is 4.74 Å². The van der Waals surface area contributed by atoms with E-state index in [1.807, 2.05) is 48.5 Å². The van der Waals surface area contributed by atoms with Crippen molar-refractivity contribution in [3.63, 3.8) is 0 Å². The fraction of sp³-hybridized carbons (Fsp3) is 0.0667. The first-order valence-corrected chi connectivity index (χ1v) is 7.60. The van der Waals surface area contributed by atoms with Crippen LogP contribution in [0.3, 0.4) is 0 Å². The van der Waals surface area contributed by atoms with Crippen molar-refractivity contribution in [2.24, 2.45) is 10.2 Å². The highest BCUT2D eigenvalue weighted by Gasteiger charge is 2.14. The Hall–Kier alpha value is -1.46. The molecule has 100 valence electrons. The summed E-state index contributed by atoms with van der Waals surface area (Å²) in [5.74, 6) is 0.554. The van der Waals surface area contributed by atoms with Gasteiger partial charge in [-0.25, -0.2) is 0 Å². The van der Waals surface area contributed by atoms with Crippen LogP contribution in [0.25, 0.3) is 0 Å².